The van der Waals surface area contributed by atoms with Crippen LogP contribution in [-0.4, -0.2) is 49.2 Å². The Kier molecular flexibility index (Phi) is 7.42. The first-order valence-electron chi connectivity index (χ1n) is 9.00. The summed E-state index contributed by atoms with van der Waals surface area (Å²) >= 11 is 0. The monoisotopic (exact) mass is 392 g/mol. The van der Waals surface area contributed by atoms with Crippen LogP contribution in [0.1, 0.15) is 39.5 Å². The van der Waals surface area contributed by atoms with Gasteiger partial charge in [0.15, 0.2) is 0 Å². The molecule has 0 unspecified atom stereocenters. The Morgan fingerprint density at radius 3 is 2.54 bits per heavy atom. The van der Waals surface area contributed by atoms with Crippen molar-refractivity contribution in [2.45, 2.75) is 45.4 Å². The standard InChI is InChI=1S/C20H28N2O6/c1-13(23)26-11-17(22-19(24)28-20(2,3)4)18(27-12-25-5)16-10-14-8-6-7-9-15(14)21-16/h6-10,17-18,21H,11-12H2,1-5H3,(H,22,24)/t17-,18+/m0/s1. The first kappa shape index (κ1) is 21.7. The van der Waals surface area contributed by atoms with Crippen LogP contribution in [0.2, 0.25) is 0 Å². The molecule has 0 aliphatic heterocycles. The number of rotatable bonds is 8. The number of para-hydroxylation sites is 1. The number of aromatic nitrogens is 1. The third-order valence-corrected chi connectivity index (χ3v) is 3.76. The average Bonchev–Trinajstić information content (AvgIpc) is 3.01. The van der Waals surface area contributed by atoms with Crippen molar-refractivity contribution in [1.29, 1.82) is 0 Å². The number of esters is 1. The van der Waals surface area contributed by atoms with Crippen molar-refractivity contribution in [1.82, 2.24) is 10.3 Å². The highest BCUT2D eigenvalue weighted by Gasteiger charge is 2.30. The Labute approximate surface area is 164 Å². The van der Waals surface area contributed by atoms with Crippen molar-refractivity contribution in [3.05, 3.63) is 36.0 Å². The van der Waals surface area contributed by atoms with Gasteiger partial charge in [-0.15, -0.1) is 0 Å². The summed E-state index contributed by atoms with van der Waals surface area (Å²) in [4.78, 5) is 26.9. The Morgan fingerprint density at radius 1 is 1.21 bits per heavy atom. The van der Waals surface area contributed by atoms with Crippen LogP contribution in [0.3, 0.4) is 0 Å². The number of nitrogens with one attached hydrogen (secondary N) is 2. The minimum Gasteiger partial charge on any atom is -0.464 e. The molecule has 1 aromatic carbocycles. The summed E-state index contributed by atoms with van der Waals surface area (Å²) < 4.78 is 21.3. The van der Waals surface area contributed by atoms with Crippen LogP contribution in [0.4, 0.5) is 4.79 Å². The van der Waals surface area contributed by atoms with Crippen molar-refractivity contribution < 1.29 is 28.5 Å². The maximum Gasteiger partial charge on any atom is 0.408 e. The number of ether oxygens (including phenoxy) is 4. The van der Waals surface area contributed by atoms with Gasteiger partial charge in [-0.3, -0.25) is 4.79 Å². The molecule has 1 aromatic heterocycles. The number of amides is 1. The van der Waals surface area contributed by atoms with E-state index in [2.05, 4.69) is 10.3 Å². The van der Waals surface area contributed by atoms with Gasteiger partial charge in [-0.1, -0.05) is 18.2 Å². The Balaban J connectivity index is 2.30. The van der Waals surface area contributed by atoms with E-state index >= 15 is 0 Å². The Morgan fingerprint density at radius 2 is 1.93 bits per heavy atom. The summed E-state index contributed by atoms with van der Waals surface area (Å²) in [6.45, 7) is 6.52. The molecule has 0 aliphatic carbocycles. The molecule has 28 heavy (non-hydrogen) atoms. The topological polar surface area (TPSA) is 98.9 Å². The fourth-order valence-corrected chi connectivity index (χ4v) is 2.68. The van der Waals surface area contributed by atoms with Gasteiger partial charge in [0.1, 0.15) is 25.1 Å². The summed E-state index contributed by atoms with van der Waals surface area (Å²) in [6.07, 6.45) is -1.29. The molecule has 0 spiro atoms. The molecule has 2 N–H and O–H groups in total. The van der Waals surface area contributed by atoms with Crippen LogP contribution < -0.4 is 5.32 Å². The number of methoxy groups -OCH3 is 1. The smallest absolute Gasteiger partial charge is 0.408 e. The van der Waals surface area contributed by atoms with Crippen molar-refractivity contribution in [2.75, 3.05) is 20.5 Å². The molecular weight excluding hydrogens is 364 g/mol. The molecule has 1 heterocycles. The van der Waals surface area contributed by atoms with Crippen LogP contribution in [0.15, 0.2) is 30.3 Å². The van der Waals surface area contributed by atoms with Crippen molar-refractivity contribution in [3.8, 4) is 0 Å². The van der Waals surface area contributed by atoms with Gasteiger partial charge in [0, 0.05) is 25.2 Å². The van der Waals surface area contributed by atoms with Gasteiger partial charge < -0.3 is 29.2 Å². The van der Waals surface area contributed by atoms with Gasteiger partial charge in [-0.25, -0.2) is 4.79 Å². The van der Waals surface area contributed by atoms with E-state index in [1.165, 1.54) is 14.0 Å². The van der Waals surface area contributed by atoms with Crippen LogP contribution in [0, 0.1) is 0 Å². The van der Waals surface area contributed by atoms with Crippen molar-refractivity contribution >= 4 is 23.0 Å². The largest absolute Gasteiger partial charge is 0.464 e. The van der Waals surface area contributed by atoms with Crippen LogP contribution >= 0.6 is 0 Å². The second-order valence-corrected chi connectivity index (χ2v) is 7.36. The molecule has 2 rings (SSSR count). The van der Waals surface area contributed by atoms with E-state index in [1.807, 2.05) is 30.3 Å². The number of carbonyl (C=O) groups excluding carboxylic acids is 2. The molecule has 8 nitrogen and oxygen atoms in total. The molecule has 2 aromatic rings. The van der Waals surface area contributed by atoms with E-state index in [9.17, 15) is 9.59 Å². The van der Waals surface area contributed by atoms with E-state index < -0.39 is 29.8 Å². The van der Waals surface area contributed by atoms with Gasteiger partial charge >= 0.3 is 12.1 Å². The lowest BCUT2D eigenvalue weighted by atomic mass is 10.1. The molecule has 8 heteroatoms. The summed E-state index contributed by atoms with van der Waals surface area (Å²) in [5, 5.41) is 3.73. The van der Waals surface area contributed by atoms with E-state index in [1.54, 1.807) is 20.8 Å². The fraction of sp³-hybridized carbons (Fsp3) is 0.500. The molecule has 154 valence electrons. The van der Waals surface area contributed by atoms with E-state index in [4.69, 9.17) is 18.9 Å². The van der Waals surface area contributed by atoms with Crippen LogP contribution in [0.25, 0.3) is 10.9 Å². The second kappa shape index (κ2) is 9.57. The Bertz CT molecular complexity index is 762. The van der Waals surface area contributed by atoms with E-state index in [-0.39, 0.29) is 13.4 Å². The SMILES string of the molecule is COCO[C@H](c1cc2ccccc2[nH]1)[C@H](COC(C)=O)NC(=O)OC(C)(C)C. The number of carbonyl (C=O) groups is 2. The molecule has 2 atom stereocenters. The zero-order valence-electron chi connectivity index (χ0n) is 16.9. The molecule has 0 radical (unpaired) electrons. The highest BCUT2D eigenvalue weighted by atomic mass is 16.7. The number of H-pyrrole nitrogens is 1. The van der Waals surface area contributed by atoms with Crippen LogP contribution in [-0.2, 0) is 23.7 Å². The normalized spacial score (nSPS) is 13.8. The van der Waals surface area contributed by atoms with E-state index in [0.29, 0.717) is 5.69 Å². The predicted molar refractivity (Wildman–Crippen MR) is 104 cm³/mol. The van der Waals surface area contributed by atoms with Gasteiger partial charge in [0.05, 0.1) is 6.04 Å². The second-order valence-electron chi connectivity index (χ2n) is 7.36. The lowest BCUT2D eigenvalue weighted by Crippen LogP contribution is -2.46. The molecular formula is C20H28N2O6. The number of alkyl carbamates (subject to hydrolysis) is 1. The highest BCUT2D eigenvalue weighted by Crippen LogP contribution is 2.26. The quantitative estimate of drug-likeness (QED) is 0.528. The number of hydrogen-bond donors (Lipinski definition) is 2. The van der Waals surface area contributed by atoms with Gasteiger partial charge in [0.25, 0.3) is 0 Å². The summed E-state index contributed by atoms with van der Waals surface area (Å²) in [5.41, 5.74) is 0.971. The first-order chi connectivity index (χ1) is 13.2. The lowest BCUT2D eigenvalue weighted by molar-refractivity contribution is -0.144. The zero-order chi connectivity index (χ0) is 20.7. The molecule has 0 fully saturated rings. The average molecular weight is 392 g/mol. The highest BCUT2D eigenvalue weighted by molar-refractivity contribution is 5.80. The number of benzene rings is 1. The third-order valence-electron chi connectivity index (χ3n) is 3.76. The molecule has 0 bridgehead atoms. The first-order valence-corrected chi connectivity index (χ1v) is 9.00. The maximum atomic E-state index is 12.3. The summed E-state index contributed by atoms with van der Waals surface area (Å²) in [5.74, 6) is -0.460. The predicted octanol–water partition coefficient (Wildman–Crippen LogP) is 3.29. The summed E-state index contributed by atoms with van der Waals surface area (Å²) in [7, 11) is 1.50. The number of hydrogen-bond acceptors (Lipinski definition) is 6. The minimum atomic E-state index is -0.693. The third kappa shape index (κ3) is 6.54. The zero-order valence-corrected chi connectivity index (χ0v) is 16.9. The lowest BCUT2D eigenvalue weighted by Gasteiger charge is -2.28. The van der Waals surface area contributed by atoms with Gasteiger partial charge in [-0.05, 0) is 38.3 Å². The minimum absolute atomic E-state index is 0.00734. The molecule has 0 aliphatic rings. The fourth-order valence-electron chi connectivity index (χ4n) is 2.68. The van der Waals surface area contributed by atoms with Crippen molar-refractivity contribution in [2.24, 2.45) is 0 Å². The number of aromatic amines is 1. The molecule has 0 saturated heterocycles. The molecule has 1 amide bonds. The van der Waals surface area contributed by atoms with Gasteiger partial charge in [0.2, 0.25) is 0 Å². The van der Waals surface area contributed by atoms with Crippen LogP contribution in [0.5, 0.6) is 0 Å². The number of fused-ring (bicyclic) bond motifs is 1. The summed E-state index contributed by atoms with van der Waals surface area (Å²) in [6, 6.07) is 8.98. The maximum absolute atomic E-state index is 12.3. The Hall–Kier alpha value is -2.58. The molecule has 0 saturated carbocycles. The van der Waals surface area contributed by atoms with Gasteiger partial charge in [-0.2, -0.15) is 0 Å². The van der Waals surface area contributed by atoms with Crippen molar-refractivity contribution in [3.63, 3.8) is 0 Å². The van der Waals surface area contributed by atoms with E-state index in [0.717, 1.165) is 10.9 Å².